The summed E-state index contributed by atoms with van der Waals surface area (Å²) in [6.45, 7) is 4.38. The van der Waals surface area contributed by atoms with Gasteiger partial charge in [-0.3, -0.25) is 0 Å². The van der Waals surface area contributed by atoms with Crippen LogP contribution in [0.1, 0.15) is 13.8 Å². The number of aromatic nitrogens is 3. The van der Waals surface area contributed by atoms with Crippen LogP contribution in [0.25, 0.3) is 0 Å². The molecule has 0 saturated heterocycles. The molecule has 8 heteroatoms. The third-order valence-electron chi connectivity index (χ3n) is 2.01. The van der Waals surface area contributed by atoms with Crippen molar-refractivity contribution in [2.24, 2.45) is 13.0 Å². The van der Waals surface area contributed by atoms with Gasteiger partial charge in [0.25, 0.3) is 10.0 Å². The molecule has 0 fully saturated rings. The molecule has 0 saturated carbocycles. The Hall–Kier alpha value is -0.470. The second-order valence-corrected chi connectivity index (χ2v) is 6.70. The molecule has 0 spiro atoms. The molecule has 1 heterocycles. The van der Waals surface area contributed by atoms with Crippen LogP contribution in [-0.4, -0.2) is 41.3 Å². The molecule has 16 heavy (non-hydrogen) atoms. The smallest absolute Gasteiger partial charge is 0.235 e. The van der Waals surface area contributed by atoms with Gasteiger partial charge in [0.15, 0.2) is 4.60 Å². The quantitative estimate of drug-likeness (QED) is 0.827. The van der Waals surface area contributed by atoms with Gasteiger partial charge in [-0.25, -0.2) is 13.1 Å². The van der Waals surface area contributed by atoms with E-state index in [1.807, 2.05) is 13.8 Å². The number of hydrogen-bond acceptors (Lipinski definition) is 4. The number of halogens is 1. The van der Waals surface area contributed by atoms with E-state index in [0.29, 0.717) is 6.54 Å². The second-order valence-electron chi connectivity index (χ2n) is 3.99. The van der Waals surface area contributed by atoms with Gasteiger partial charge in [0.05, 0.1) is 0 Å². The Balaban J connectivity index is 3.12. The molecular weight excluding hydrogens is 296 g/mol. The van der Waals surface area contributed by atoms with Crippen LogP contribution in [0, 0.1) is 5.92 Å². The predicted molar refractivity (Wildman–Crippen MR) is 63.4 cm³/mol. The lowest BCUT2D eigenvalue weighted by molar-refractivity contribution is 0.411. The summed E-state index contributed by atoms with van der Waals surface area (Å²) < 4.78 is 27.1. The van der Waals surface area contributed by atoms with Crippen LogP contribution < -0.4 is 0 Å². The van der Waals surface area contributed by atoms with Crippen molar-refractivity contribution in [3.8, 4) is 0 Å². The van der Waals surface area contributed by atoms with Crippen molar-refractivity contribution in [2.45, 2.75) is 18.9 Å². The normalized spacial score (nSPS) is 12.7. The fourth-order valence-electron chi connectivity index (χ4n) is 1.36. The highest BCUT2D eigenvalue weighted by Crippen LogP contribution is 2.21. The van der Waals surface area contributed by atoms with Gasteiger partial charge in [0, 0.05) is 20.6 Å². The minimum atomic E-state index is -3.53. The second kappa shape index (κ2) is 4.80. The third-order valence-corrected chi connectivity index (χ3v) is 4.73. The molecule has 0 aliphatic heterocycles. The summed E-state index contributed by atoms with van der Waals surface area (Å²) in [7, 11) is -0.428. The Morgan fingerprint density at radius 1 is 1.50 bits per heavy atom. The Bertz CT molecular complexity index is 449. The summed E-state index contributed by atoms with van der Waals surface area (Å²) in [4.78, 5) is 0. The summed E-state index contributed by atoms with van der Waals surface area (Å²) in [5, 5.41) is 7.41. The molecular formula is C8H15BrN4O2S. The lowest BCUT2D eigenvalue weighted by Crippen LogP contribution is -2.31. The van der Waals surface area contributed by atoms with Crippen molar-refractivity contribution >= 4 is 26.0 Å². The van der Waals surface area contributed by atoms with Crippen molar-refractivity contribution in [1.29, 1.82) is 0 Å². The molecule has 1 aromatic rings. The van der Waals surface area contributed by atoms with Gasteiger partial charge in [0.1, 0.15) is 0 Å². The van der Waals surface area contributed by atoms with Crippen LogP contribution in [0.3, 0.4) is 0 Å². The topological polar surface area (TPSA) is 68.1 Å². The third kappa shape index (κ3) is 2.61. The average molecular weight is 311 g/mol. The molecule has 0 amide bonds. The molecule has 0 N–H and O–H groups in total. The number of nitrogens with zero attached hydrogens (tertiary/aromatic N) is 4. The van der Waals surface area contributed by atoms with E-state index in [9.17, 15) is 8.42 Å². The lowest BCUT2D eigenvalue weighted by Gasteiger charge is -2.18. The van der Waals surface area contributed by atoms with Gasteiger partial charge >= 0.3 is 0 Å². The number of hydrogen-bond donors (Lipinski definition) is 0. The van der Waals surface area contributed by atoms with Gasteiger partial charge in [-0.05, 0) is 21.8 Å². The Labute approximate surface area is 104 Å². The van der Waals surface area contributed by atoms with Gasteiger partial charge < -0.3 is 0 Å². The van der Waals surface area contributed by atoms with E-state index < -0.39 is 10.0 Å². The van der Waals surface area contributed by atoms with Gasteiger partial charge in [0.2, 0.25) is 5.03 Å². The molecule has 92 valence electrons. The van der Waals surface area contributed by atoms with Crippen molar-refractivity contribution in [2.75, 3.05) is 13.6 Å². The van der Waals surface area contributed by atoms with Crippen LogP contribution in [-0.2, 0) is 17.1 Å². The zero-order valence-corrected chi connectivity index (χ0v) is 12.1. The molecule has 0 aromatic carbocycles. The standard InChI is InChI=1S/C8H15BrN4O2S/c1-6(2)5-12(3)16(14,15)8-7(9)10-11-13(8)4/h6H,5H2,1-4H3. The summed E-state index contributed by atoms with van der Waals surface area (Å²) >= 11 is 3.09. The summed E-state index contributed by atoms with van der Waals surface area (Å²) in [6.07, 6.45) is 0. The van der Waals surface area contributed by atoms with E-state index >= 15 is 0 Å². The van der Waals surface area contributed by atoms with E-state index in [1.54, 1.807) is 14.1 Å². The van der Waals surface area contributed by atoms with E-state index in [-0.39, 0.29) is 15.5 Å². The Morgan fingerprint density at radius 2 is 2.06 bits per heavy atom. The molecule has 1 aromatic heterocycles. The van der Waals surface area contributed by atoms with Gasteiger partial charge in [-0.2, -0.15) is 4.31 Å². The summed E-state index contributed by atoms with van der Waals surface area (Å²) in [5.74, 6) is 0.264. The first-order valence-corrected chi connectivity index (χ1v) is 7.01. The molecule has 0 unspecified atom stereocenters. The minimum absolute atomic E-state index is 0.0793. The Kier molecular flexibility index (Phi) is 4.08. The van der Waals surface area contributed by atoms with Crippen molar-refractivity contribution in [3.63, 3.8) is 0 Å². The fourth-order valence-corrected chi connectivity index (χ4v) is 3.71. The fraction of sp³-hybridized carbons (Fsp3) is 0.750. The predicted octanol–water partition coefficient (Wildman–Crippen LogP) is 0.854. The van der Waals surface area contributed by atoms with Crippen LogP contribution in [0.2, 0.25) is 0 Å². The largest absolute Gasteiger partial charge is 0.262 e. The van der Waals surface area contributed by atoms with Crippen molar-refractivity contribution in [3.05, 3.63) is 4.60 Å². The minimum Gasteiger partial charge on any atom is -0.235 e. The zero-order chi connectivity index (χ0) is 12.5. The molecule has 1 rings (SSSR count). The number of rotatable bonds is 4. The van der Waals surface area contributed by atoms with Crippen molar-refractivity contribution in [1.82, 2.24) is 19.3 Å². The van der Waals surface area contributed by atoms with Gasteiger partial charge in [-0.1, -0.05) is 19.1 Å². The van der Waals surface area contributed by atoms with Crippen LogP contribution in [0.5, 0.6) is 0 Å². The molecule has 0 aliphatic rings. The first-order valence-electron chi connectivity index (χ1n) is 4.78. The first kappa shape index (κ1) is 13.6. The van der Waals surface area contributed by atoms with Crippen LogP contribution >= 0.6 is 15.9 Å². The van der Waals surface area contributed by atoms with E-state index in [2.05, 4.69) is 26.2 Å². The maximum absolute atomic E-state index is 12.2. The highest BCUT2D eigenvalue weighted by Gasteiger charge is 2.28. The van der Waals surface area contributed by atoms with E-state index in [1.165, 1.54) is 8.99 Å². The van der Waals surface area contributed by atoms with Crippen LogP contribution in [0.4, 0.5) is 0 Å². The van der Waals surface area contributed by atoms with E-state index in [0.717, 1.165) is 0 Å². The molecule has 0 aliphatic carbocycles. The monoisotopic (exact) mass is 310 g/mol. The summed E-state index contributed by atoms with van der Waals surface area (Å²) in [6, 6.07) is 0. The maximum atomic E-state index is 12.2. The molecule has 0 bridgehead atoms. The average Bonchev–Trinajstić information content (AvgIpc) is 2.45. The molecule has 0 atom stereocenters. The molecule has 0 radical (unpaired) electrons. The first-order chi connectivity index (χ1) is 7.26. The highest BCUT2D eigenvalue weighted by atomic mass is 79.9. The van der Waals surface area contributed by atoms with Gasteiger partial charge in [-0.15, -0.1) is 5.10 Å². The number of aryl methyl sites for hydroxylation is 1. The zero-order valence-electron chi connectivity index (χ0n) is 9.68. The maximum Gasteiger partial charge on any atom is 0.262 e. The lowest BCUT2D eigenvalue weighted by atomic mass is 10.2. The van der Waals surface area contributed by atoms with Crippen LogP contribution in [0.15, 0.2) is 9.63 Å². The molecule has 6 nitrogen and oxygen atoms in total. The SMILES string of the molecule is CC(C)CN(C)S(=O)(=O)c1c(Br)nnn1C. The van der Waals surface area contributed by atoms with Crippen molar-refractivity contribution < 1.29 is 8.42 Å². The highest BCUT2D eigenvalue weighted by molar-refractivity contribution is 9.10. The Morgan fingerprint density at radius 3 is 2.44 bits per heavy atom. The van der Waals surface area contributed by atoms with E-state index in [4.69, 9.17) is 0 Å². The number of sulfonamides is 1. The summed E-state index contributed by atoms with van der Waals surface area (Å²) in [5.41, 5.74) is 0.